The molecule has 2 aliphatic rings. The molecule has 10 aromatic rings. The van der Waals surface area contributed by atoms with E-state index in [9.17, 15) is 19.2 Å². The molecular formula is C64H51N5O4. The third-order valence-corrected chi connectivity index (χ3v) is 14.4. The zero-order chi connectivity index (χ0) is 49.7. The summed E-state index contributed by atoms with van der Waals surface area (Å²) in [6.07, 6.45) is 2.91. The van der Waals surface area contributed by atoms with Crippen molar-refractivity contribution < 1.29 is 19.2 Å². The number of hydrogen-bond acceptors (Lipinski definition) is 6. The molecule has 356 valence electrons. The van der Waals surface area contributed by atoms with Crippen molar-refractivity contribution >= 4 is 90.3 Å². The van der Waals surface area contributed by atoms with Crippen LogP contribution in [0.15, 0.2) is 200 Å². The highest BCUT2D eigenvalue weighted by molar-refractivity contribution is 6.35. The van der Waals surface area contributed by atoms with Crippen LogP contribution < -0.4 is 9.80 Å². The van der Waals surface area contributed by atoms with E-state index in [2.05, 4.69) is 160 Å². The van der Waals surface area contributed by atoms with Gasteiger partial charge >= 0.3 is 0 Å². The van der Waals surface area contributed by atoms with Crippen molar-refractivity contribution in [2.45, 2.75) is 39.5 Å². The highest BCUT2D eigenvalue weighted by atomic mass is 16.2. The molecule has 3 heterocycles. The van der Waals surface area contributed by atoms with Crippen LogP contribution in [0.1, 0.15) is 81.0 Å². The summed E-state index contributed by atoms with van der Waals surface area (Å²) < 4.78 is 2.28. The first-order valence-electron chi connectivity index (χ1n) is 25.2. The van der Waals surface area contributed by atoms with E-state index in [-0.39, 0.29) is 13.1 Å². The maximum absolute atomic E-state index is 14.8. The van der Waals surface area contributed by atoms with Crippen LogP contribution in [0.4, 0.5) is 34.1 Å². The van der Waals surface area contributed by atoms with Gasteiger partial charge in [0.15, 0.2) is 0 Å². The number of benzene rings is 9. The quantitative estimate of drug-likeness (QED) is 0.101. The zero-order valence-corrected chi connectivity index (χ0v) is 40.7. The molecule has 0 atom stereocenters. The number of amides is 4. The average Bonchev–Trinajstić information content (AvgIpc) is 3.76. The lowest BCUT2D eigenvalue weighted by molar-refractivity contribution is 0.0587. The van der Waals surface area contributed by atoms with Crippen molar-refractivity contribution in [2.24, 2.45) is 0 Å². The van der Waals surface area contributed by atoms with E-state index in [0.717, 1.165) is 74.5 Å². The van der Waals surface area contributed by atoms with Crippen LogP contribution >= 0.6 is 0 Å². The monoisotopic (exact) mass is 953 g/mol. The molecule has 9 nitrogen and oxygen atoms in total. The predicted molar refractivity (Wildman–Crippen MR) is 294 cm³/mol. The van der Waals surface area contributed by atoms with Gasteiger partial charge in [0.1, 0.15) is 0 Å². The summed E-state index contributed by atoms with van der Waals surface area (Å²) in [7, 11) is 0. The lowest BCUT2D eigenvalue weighted by atomic mass is 9.81. The first kappa shape index (κ1) is 45.1. The van der Waals surface area contributed by atoms with E-state index in [1.165, 1.54) is 9.80 Å². The van der Waals surface area contributed by atoms with Gasteiger partial charge in [-0.1, -0.05) is 112 Å². The van der Waals surface area contributed by atoms with E-state index < -0.39 is 23.6 Å². The topological polar surface area (TPSA) is 86.2 Å². The molecule has 0 fully saturated rings. The number of fused-ring (bicyclic) bond motifs is 3. The second-order valence-corrected chi connectivity index (χ2v) is 18.8. The SMILES string of the molecule is CCCCN1C(=O)c2ccc3c4c(c(-c5ccc(-n6c7ccc(N(c8ccccc8)c8ccccc8)cc7c7cc(N(c8ccccc8)c8ccccc8)ccc76)cc5)cc(c24)C1=O)C(=O)N(CCCC)C3=O. The van der Waals surface area contributed by atoms with E-state index in [0.29, 0.717) is 57.0 Å². The summed E-state index contributed by atoms with van der Waals surface area (Å²) in [5, 5.41) is 2.87. The number of hydrogen-bond donors (Lipinski definition) is 0. The Labute approximate surface area is 423 Å². The van der Waals surface area contributed by atoms with Crippen LogP contribution in [-0.2, 0) is 0 Å². The molecule has 0 saturated heterocycles. The van der Waals surface area contributed by atoms with Crippen LogP contribution in [-0.4, -0.2) is 51.1 Å². The molecule has 1 aromatic heterocycles. The van der Waals surface area contributed by atoms with Gasteiger partial charge in [-0.25, -0.2) is 0 Å². The van der Waals surface area contributed by atoms with Gasteiger partial charge in [-0.2, -0.15) is 0 Å². The Morgan fingerprint density at radius 1 is 0.370 bits per heavy atom. The normalized spacial score (nSPS) is 13.2. The van der Waals surface area contributed by atoms with Gasteiger partial charge in [0.2, 0.25) is 0 Å². The molecule has 0 radical (unpaired) electrons. The first-order valence-corrected chi connectivity index (χ1v) is 25.2. The number of para-hydroxylation sites is 4. The van der Waals surface area contributed by atoms with Crippen LogP contribution in [0.2, 0.25) is 0 Å². The summed E-state index contributed by atoms with van der Waals surface area (Å²) >= 11 is 0. The Hall–Kier alpha value is -9.08. The van der Waals surface area contributed by atoms with Gasteiger partial charge < -0.3 is 14.4 Å². The van der Waals surface area contributed by atoms with Crippen molar-refractivity contribution in [3.05, 3.63) is 222 Å². The fourth-order valence-electron chi connectivity index (χ4n) is 10.9. The van der Waals surface area contributed by atoms with Gasteiger partial charge in [-0.15, -0.1) is 0 Å². The number of anilines is 6. The van der Waals surface area contributed by atoms with Crippen molar-refractivity contribution in [1.82, 2.24) is 14.4 Å². The smallest absolute Gasteiger partial charge is 0.262 e. The van der Waals surface area contributed by atoms with E-state index in [4.69, 9.17) is 0 Å². The summed E-state index contributed by atoms with van der Waals surface area (Å²) in [4.78, 5) is 64.6. The van der Waals surface area contributed by atoms with E-state index >= 15 is 0 Å². The Bertz CT molecular complexity index is 3580. The lowest BCUT2D eigenvalue weighted by Gasteiger charge is -2.33. The summed E-state index contributed by atoms with van der Waals surface area (Å²) in [6.45, 7) is 4.59. The van der Waals surface area contributed by atoms with Gasteiger partial charge in [0.05, 0.1) is 16.6 Å². The summed E-state index contributed by atoms with van der Waals surface area (Å²) in [5.41, 5.74) is 11.6. The van der Waals surface area contributed by atoms with E-state index in [1.807, 2.05) is 50.2 Å². The molecule has 9 heteroatoms. The lowest BCUT2D eigenvalue weighted by Crippen LogP contribution is -2.44. The maximum atomic E-state index is 14.8. The summed E-state index contributed by atoms with van der Waals surface area (Å²) in [6, 6.07) is 68.1. The van der Waals surface area contributed by atoms with Crippen molar-refractivity contribution in [3.8, 4) is 16.8 Å². The Kier molecular flexibility index (Phi) is 11.5. The number of rotatable bonds is 14. The maximum Gasteiger partial charge on any atom is 0.262 e. The molecule has 0 spiro atoms. The highest BCUT2D eigenvalue weighted by Gasteiger charge is 2.41. The van der Waals surface area contributed by atoms with Gasteiger partial charge in [0, 0.05) is 91.1 Å². The molecule has 0 N–H and O–H groups in total. The third kappa shape index (κ3) is 7.55. The molecule has 73 heavy (non-hydrogen) atoms. The minimum Gasteiger partial charge on any atom is -0.310 e. The number of carbonyl (C=O) groups excluding carboxylic acids is 4. The number of carbonyl (C=O) groups is 4. The molecule has 2 aliphatic heterocycles. The third-order valence-electron chi connectivity index (χ3n) is 14.4. The molecule has 12 rings (SSSR count). The average molecular weight is 954 g/mol. The Balaban J connectivity index is 1.06. The predicted octanol–water partition coefficient (Wildman–Crippen LogP) is 15.3. The Morgan fingerprint density at radius 3 is 1.22 bits per heavy atom. The van der Waals surface area contributed by atoms with Crippen molar-refractivity contribution in [3.63, 3.8) is 0 Å². The molecule has 0 unspecified atom stereocenters. The van der Waals surface area contributed by atoms with E-state index in [1.54, 1.807) is 18.2 Å². The molecular weight excluding hydrogens is 903 g/mol. The summed E-state index contributed by atoms with van der Waals surface area (Å²) in [5.74, 6) is -1.65. The minimum absolute atomic E-state index is 0.264. The molecule has 9 aromatic carbocycles. The molecule has 0 saturated carbocycles. The standard InChI is InChI=1S/C64H51N5O4/c1-3-5-37-65-61(70)50-33-34-51-59-58(50)55(63(65)72)41-52(60(59)64(73)66(62(51)71)38-6-4-2)42-27-29-47(30-28-42)69-56-35-31-48(67(43-19-11-7-12-20-43)44-21-13-8-14-22-44)39-53(56)54-40-49(32-36-57(54)69)68(45-23-15-9-16-24-45)46-25-17-10-18-26-46/h7-36,39-41H,3-6,37-38H2,1-2H3. The number of aromatic nitrogens is 1. The molecule has 4 amide bonds. The largest absolute Gasteiger partial charge is 0.310 e. The number of imide groups is 2. The number of nitrogens with zero attached hydrogens (tertiary/aromatic N) is 5. The van der Waals surface area contributed by atoms with Crippen molar-refractivity contribution in [1.29, 1.82) is 0 Å². The minimum atomic E-state index is -0.420. The van der Waals surface area contributed by atoms with Gasteiger partial charge in [-0.05, 0) is 139 Å². The fourth-order valence-corrected chi connectivity index (χ4v) is 10.9. The molecule has 0 bridgehead atoms. The van der Waals surface area contributed by atoms with Crippen LogP contribution in [0, 0.1) is 0 Å². The second-order valence-electron chi connectivity index (χ2n) is 18.8. The second kappa shape index (κ2) is 18.6. The first-order chi connectivity index (χ1) is 35.8. The molecule has 0 aliphatic carbocycles. The van der Waals surface area contributed by atoms with Gasteiger partial charge in [-0.3, -0.25) is 29.0 Å². The van der Waals surface area contributed by atoms with Crippen LogP contribution in [0.5, 0.6) is 0 Å². The zero-order valence-electron chi connectivity index (χ0n) is 40.7. The van der Waals surface area contributed by atoms with Crippen LogP contribution in [0.3, 0.4) is 0 Å². The highest BCUT2D eigenvalue weighted by Crippen LogP contribution is 2.46. The van der Waals surface area contributed by atoms with Gasteiger partial charge in [0.25, 0.3) is 23.6 Å². The number of unbranched alkanes of at least 4 members (excludes halogenated alkanes) is 2. The Morgan fingerprint density at radius 2 is 0.781 bits per heavy atom. The fraction of sp³-hybridized carbons (Fsp3) is 0.125. The van der Waals surface area contributed by atoms with Crippen molar-refractivity contribution in [2.75, 3.05) is 22.9 Å². The van der Waals surface area contributed by atoms with Crippen LogP contribution in [0.25, 0.3) is 49.4 Å².